The predicted molar refractivity (Wildman–Crippen MR) is 105 cm³/mol. The molecular formula is C21H23N3O. The third-order valence-electron chi connectivity index (χ3n) is 4.37. The highest BCUT2D eigenvalue weighted by Gasteiger charge is 2.28. The molecule has 1 aliphatic heterocycles. The van der Waals surface area contributed by atoms with Crippen LogP contribution in [-0.2, 0) is 11.2 Å². The first-order valence-electron chi connectivity index (χ1n) is 8.47. The number of hydrazone groups is 1. The normalized spacial score (nSPS) is 15.7. The molecule has 25 heavy (non-hydrogen) atoms. The lowest BCUT2D eigenvalue weighted by Crippen LogP contribution is -2.21. The smallest absolute Gasteiger partial charge is 0.280 e. The minimum Gasteiger partial charge on any atom is -0.378 e. The molecule has 0 aromatic heterocycles. The van der Waals surface area contributed by atoms with Gasteiger partial charge in [0.1, 0.15) is 0 Å². The Morgan fingerprint density at radius 3 is 2.24 bits per heavy atom. The Balaban J connectivity index is 1.86. The Kier molecular flexibility index (Phi) is 4.70. The summed E-state index contributed by atoms with van der Waals surface area (Å²) in [7, 11) is 4.01. The maximum atomic E-state index is 12.8. The summed E-state index contributed by atoms with van der Waals surface area (Å²) in [5.74, 6) is -0.0848. The van der Waals surface area contributed by atoms with Crippen LogP contribution in [0.15, 0.2) is 59.2 Å². The van der Waals surface area contributed by atoms with Crippen LogP contribution >= 0.6 is 0 Å². The van der Waals surface area contributed by atoms with Gasteiger partial charge in [-0.25, -0.2) is 0 Å². The fourth-order valence-electron chi connectivity index (χ4n) is 2.77. The van der Waals surface area contributed by atoms with E-state index < -0.39 is 0 Å². The molecule has 1 amide bonds. The van der Waals surface area contributed by atoms with Crippen molar-refractivity contribution in [2.75, 3.05) is 24.0 Å². The molecule has 2 aromatic carbocycles. The van der Waals surface area contributed by atoms with Gasteiger partial charge in [-0.2, -0.15) is 10.1 Å². The number of hydrogen-bond acceptors (Lipinski definition) is 3. The second kappa shape index (κ2) is 6.93. The van der Waals surface area contributed by atoms with Crippen molar-refractivity contribution in [1.29, 1.82) is 0 Å². The summed E-state index contributed by atoms with van der Waals surface area (Å²) < 4.78 is 0. The summed E-state index contributed by atoms with van der Waals surface area (Å²) in [6, 6.07) is 16.1. The van der Waals surface area contributed by atoms with Crippen LogP contribution < -0.4 is 9.91 Å². The molecule has 0 fully saturated rings. The van der Waals surface area contributed by atoms with Gasteiger partial charge in [-0.15, -0.1) is 0 Å². The Labute approximate surface area is 149 Å². The summed E-state index contributed by atoms with van der Waals surface area (Å²) in [6.45, 7) is 3.99. The second-order valence-corrected chi connectivity index (χ2v) is 6.37. The van der Waals surface area contributed by atoms with Gasteiger partial charge in [-0.05, 0) is 54.8 Å². The highest BCUT2D eigenvalue weighted by Crippen LogP contribution is 2.25. The predicted octanol–water partition coefficient (Wildman–Crippen LogP) is 4.12. The lowest BCUT2D eigenvalue weighted by molar-refractivity contribution is -0.114. The third-order valence-corrected chi connectivity index (χ3v) is 4.37. The summed E-state index contributed by atoms with van der Waals surface area (Å²) in [6.07, 6.45) is 2.88. The van der Waals surface area contributed by atoms with E-state index in [-0.39, 0.29) is 5.91 Å². The lowest BCUT2D eigenvalue weighted by Gasteiger charge is -2.13. The molecule has 4 heteroatoms. The van der Waals surface area contributed by atoms with Gasteiger partial charge in [0.05, 0.1) is 17.0 Å². The maximum absolute atomic E-state index is 12.8. The van der Waals surface area contributed by atoms with Gasteiger partial charge in [-0.3, -0.25) is 4.79 Å². The topological polar surface area (TPSA) is 35.9 Å². The number of rotatable bonds is 4. The van der Waals surface area contributed by atoms with E-state index in [0.29, 0.717) is 5.57 Å². The average molecular weight is 333 g/mol. The summed E-state index contributed by atoms with van der Waals surface area (Å²) in [5.41, 5.74) is 5.54. The molecule has 4 nitrogen and oxygen atoms in total. The second-order valence-electron chi connectivity index (χ2n) is 6.37. The number of aryl methyl sites for hydroxylation is 1. The molecule has 0 radical (unpaired) electrons. The number of carbonyl (C=O) groups is 1. The van der Waals surface area contributed by atoms with E-state index in [2.05, 4.69) is 12.0 Å². The zero-order chi connectivity index (χ0) is 18.0. The third kappa shape index (κ3) is 3.48. The Morgan fingerprint density at radius 1 is 1.04 bits per heavy atom. The molecule has 0 spiro atoms. The zero-order valence-electron chi connectivity index (χ0n) is 15.2. The van der Waals surface area contributed by atoms with E-state index in [9.17, 15) is 4.79 Å². The van der Waals surface area contributed by atoms with Gasteiger partial charge < -0.3 is 4.90 Å². The number of carbonyl (C=O) groups excluding carboxylic acids is 1. The van der Waals surface area contributed by atoms with Crippen LogP contribution in [0.5, 0.6) is 0 Å². The molecule has 0 saturated carbocycles. The van der Waals surface area contributed by atoms with Crippen LogP contribution in [0.2, 0.25) is 0 Å². The van der Waals surface area contributed by atoms with Crippen molar-refractivity contribution in [3.63, 3.8) is 0 Å². The highest BCUT2D eigenvalue weighted by atomic mass is 16.2. The summed E-state index contributed by atoms with van der Waals surface area (Å²) in [5, 5.41) is 5.92. The van der Waals surface area contributed by atoms with E-state index in [4.69, 9.17) is 0 Å². The Hall–Kier alpha value is -2.88. The Morgan fingerprint density at radius 2 is 1.68 bits per heavy atom. The quantitative estimate of drug-likeness (QED) is 0.789. The van der Waals surface area contributed by atoms with Gasteiger partial charge >= 0.3 is 0 Å². The van der Waals surface area contributed by atoms with Gasteiger partial charge in [0.25, 0.3) is 5.91 Å². The SMILES string of the molecule is CCc1ccc(N2N=C(C)/C(=C/c3ccc(N(C)C)cc3)C2=O)cc1. The molecule has 2 aromatic rings. The minimum absolute atomic E-state index is 0.0848. The number of amides is 1. The van der Waals surface area contributed by atoms with Crippen molar-refractivity contribution in [3.05, 3.63) is 65.2 Å². The van der Waals surface area contributed by atoms with Gasteiger partial charge in [-0.1, -0.05) is 31.2 Å². The van der Waals surface area contributed by atoms with E-state index in [0.717, 1.165) is 29.1 Å². The van der Waals surface area contributed by atoms with E-state index in [1.807, 2.05) is 80.5 Å². The largest absolute Gasteiger partial charge is 0.378 e. The van der Waals surface area contributed by atoms with Crippen LogP contribution in [0.4, 0.5) is 11.4 Å². The van der Waals surface area contributed by atoms with Crippen molar-refractivity contribution < 1.29 is 4.79 Å². The average Bonchev–Trinajstić information content (AvgIpc) is 2.90. The number of hydrogen-bond donors (Lipinski definition) is 0. The van der Waals surface area contributed by atoms with Gasteiger partial charge in [0, 0.05) is 19.8 Å². The summed E-state index contributed by atoms with van der Waals surface area (Å²) in [4.78, 5) is 14.8. The van der Waals surface area contributed by atoms with Crippen molar-refractivity contribution >= 4 is 29.1 Å². The van der Waals surface area contributed by atoms with Crippen LogP contribution in [0, 0.1) is 0 Å². The molecule has 1 heterocycles. The fourth-order valence-corrected chi connectivity index (χ4v) is 2.77. The molecular weight excluding hydrogens is 310 g/mol. The zero-order valence-corrected chi connectivity index (χ0v) is 15.2. The van der Waals surface area contributed by atoms with Crippen LogP contribution in [0.25, 0.3) is 6.08 Å². The highest BCUT2D eigenvalue weighted by molar-refractivity contribution is 6.32. The number of benzene rings is 2. The van der Waals surface area contributed by atoms with Gasteiger partial charge in [0.15, 0.2) is 0 Å². The van der Waals surface area contributed by atoms with E-state index in [1.54, 1.807) is 0 Å². The molecule has 128 valence electrons. The fraction of sp³-hybridized carbons (Fsp3) is 0.238. The van der Waals surface area contributed by atoms with Crippen LogP contribution in [0.1, 0.15) is 25.0 Å². The van der Waals surface area contributed by atoms with Gasteiger partial charge in [0.2, 0.25) is 0 Å². The monoisotopic (exact) mass is 333 g/mol. The van der Waals surface area contributed by atoms with Crippen LogP contribution in [-0.4, -0.2) is 25.7 Å². The number of nitrogens with zero attached hydrogens (tertiary/aromatic N) is 3. The van der Waals surface area contributed by atoms with Crippen LogP contribution in [0.3, 0.4) is 0 Å². The molecule has 3 rings (SSSR count). The molecule has 1 aliphatic rings. The van der Waals surface area contributed by atoms with Crippen molar-refractivity contribution in [2.45, 2.75) is 20.3 Å². The Bertz CT molecular complexity index is 830. The van der Waals surface area contributed by atoms with Crippen molar-refractivity contribution in [1.82, 2.24) is 0 Å². The van der Waals surface area contributed by atoms with Crippen molar-refractivity contribution in [2.24, 2.45) is 5.10 Å². The minimum atomic E-state index is -0.0848. The molecule has 0 unspecified atom stereocenters. The van der Waals surface area contributed by atoms with E-state index >= 15 is 0 Å². The first-order valence-corrected chi connectivity index (χ1v) is 8.47. The lowest BCUT2D eigenvalue weighted by atomic mass is 10.1. The van der Waals surface area contributed by atoms with E-state index in [1.165, 1.54) is 10.6 Å². The molecule has 0 aliphatic carbocycles. The molecule has 0 saturated heterocycles. The first-order chi connectivity index (χ1) is 12.0. The molecule has 0 bridgehead atoms. The standard InChI is InChI=1S/C21H23N3O/c1-5-16-6-12-19(13-7-16)24-21(25)20(15(2)22-24)14-17-8-10-18(11-9-17)23(3)4/h6-14H,5H2,1-4H3/b20-14-. The summed E-state index contributed by atoms with van der Waals surface area (Å²) >= 11 is 0. The maximum Gasteiger partial charge on any atom is 0.280 e. The molecule has 0 atom stereocenters. The van der Waals surface area contributed by atoms with Crippen molar-refractivity contribution in [3.8, 4) is 0 Å². The number of anilines is 2. The first kappa shape index (κ1) is 17.0. The molecule has 0 N–H and O–H groups in total.